The molecule has 0 spiro atoms. The number of H-pyrrole nitrogens is 1. The Kier molecular flexibility index (Phi) is 6.81. The van der Waals surface area contributed by atoms with Crippen LogP contribution in [0.3, 0.4) is 0 Å². The summed E-state index contributed by atoms with van der Waals surface area (Å²) in [6.07, 6.45) is 2.59. The number of carbonyl (C=O) groups is 1. The molecule has 4 rings (SSSR count). The summed E-state index contributed by atoms with van der Waals surface area (Å²) < 4.78 is 5.34. The zero-order valence-electron chi connectivity index (χ0n) is 17.3. The van der Waals surface area contributed by atoms with Crippen molar-refractivity contribution in [1.29, 1.82) is 0 Å². The summed E-state index contributed by atoms with van der Waals surface area (Å²) in [4.78, 5) is 20.8. The molecule has 0 unspecified atom stereocenters. The Morgan fingerprint density at radius 2 is 1.94 bits per heavy atom. The number of amides is 1. The molecule has 158 valence electrons. The third kappa shape index (κ3) is 4.48. The number of rotatable bonds is 5. The molecule has 4 N–H and O–H groups in total. The largest absolute Gasteiger partial charge is 0.408 e. The molecule has 0 saturated heterocycles. The van der Waals surface area contributed by atoms with Gasteiger partial charge >= 0.3 is 0 Å². The van der Waals surface area contributed by atoms with Crippen molar-refractivity contribution in [3.8, 4) is 29.0 Å². The van der Waals surface area contributed by atoms with Gasteiger partial charge in [-0.25, -0.2) is 4.98 Å². The fourth-order valence-corrected chi connectivity index (χ4v) is 3.40. The second-order valence-electron chi connectivity index (χ2n) is 6.98. The SMILES string of the molecule is CC#COc1ccc(-c2nc(C(=O)NCCN)cc3c2[nH]c2ccc(C)cc23)cc1.Cl. The number of hydrogen-bond acceptors (Lipinski definition) is 4. The maximum Gasteiger partial charge on any atom is 0.269 e. The molecular formula is C24H23ClN4O2. The molecular weight excluding hydrogens is 412 g/mol. The van der Waals surface area contributed by atoms with Gasteiger partial charge in [-0.2, -0.15) is 0 Å². The lowest BCUT2D eigenvalue weighted by atomic mass is 10.1. The minimum absolute atomic E-state index is 0. The summed E-state index contributed by atoms with van der Waals surface area (Å²) in [7, 11) is 0. The van der Waals surface area contributed by atoms with Gasteiger partial charge in [0.1, 0.15) is 17.5 Å². The van der Waals surface area contributed by atoms with Crippen molar-refractivity contribution in [3.05, 3.63) is 59.8 Å². The molecule has 0 aliphatic carbocycles. The molecule has 0 saturated carbocycles. The van der Waals surface area contributed by atoms with Crippen LogP contribution in [0.2, 0.25) is 0 Å². The summed E-state index contributed by atoms with van der Waals surface area (Å²) in [5.41, 5.74) is 10.5. The van der Waals surface area contributed by atoms with Gasteiger partial charge in [0.15, 0.2) is 0 Å². The molecule has 2 heterocycles. The summed E-state index contributed by atoms with van der Waals surface area (Å²) in [6.45, 7) is 4.53. The number of aromatic amines is 1. The van der Waals surface area contributed by atoms with Crippen molar-refractivity contribution in [2.24, 2.45) is 5.73 Å². The Hall–Kier alpha value is -3.53. The van der Waals surface area contributed by atoms with E-state index in [-0.39, 0.29) is 18.3 Å². The molecule has 7 heteroatoms. The van der Waals surface area contributed by atoms with E-state index >= 15 is 0 Å². The van der Waals surface area contributed by atoms with Crippen LogP contribution in [-0.4, -0.2) is 29.0 Å². The van der Waals surface area contributed by atoms with Gasteiger partial charge < -0.3 is 20.8 Å². The molecule has 2 aromatic carbocycles. The summed E-state index contributed by atoms with van der Waals surface area (Å²) in [5.74, 6) is 3.10. The Morgan fingerprint density at radius 1 is 1.16 bits per heavy atom. The highest BCUT2D eigenvalue weighted by Crippen LogP contribution is 2.33. The molecule has 4 aromatic rings. The van der Waals surface area contributed by atoms with E-state index in [2.05, 4.69) is 39.4 Å². The highest BCUT2D eigenvalue weighted by Gasteiger charge is 2.17. The monoisotopic (exact) mass is 434 g/mol. The number of nitrogens with two attached hydrogens (primary N) is 1. The summed E-state index contributed by atoms with van der Waals surface area (Å²) in [5, 5.41) is 4.81. The molecule has 0 atom stereocenters. The van der Waals surface area contributed by atoms with Crippen molar-refractivity contribution in [2.45, 2.75) is 13.8 Å². The Balaban J connectivity index is 0.00000272. The predicted molar refractivity (Wildman–Crippen MR) is 126 cm³/mol. The highest BCUT2D eigenvalue weighted by molar-refractivity contribution is 6.13. The van der Waals surface area contributed by atoms with E-state index < -0.39 is 0 Å². The zero-order chi connectivity index (χ0) is 21.1. The third-order valence-electron chi connectivity index (χ3n) is 4.81. The van der Waals surface area contributed by atoms with Crippen LogP contribution in [-0.2, 0) is 0 Å². The number of pyridine rings is 1. The van der Waals surface area contributed by atoms with E-state index in [1.807, 2.05) is 43.3 Å². The van der Waals surface area contributed by atoms with E-state index in [1.54, 1.807) is 6.92 Å². The first-order valence-corrected chi connectivity index (χ1v) is 9.71. The smallest absolute Gasteiger partial charge is 0.269 e. The molecule has 0 fully saturated rings. The number of hydrogen-bond donors (Lipinski definition) is 3. The van der Waals surface area contributed by atoms with Gasteiger partial charge in [-0.3, -0.25) is 4.79 Å². The van der Waals surface area contributed by atoms with Crippen molar-refractivity contribution in [2.75, 3.05) is 13.1 Å². The Labute approximate surface area is 186 Å². The second-order valence-corrected chi connectivity index (χ2v) is 6.98. The van der Waals surface area contributed by atoms with Crippen molar-refractivity contribution < 1.29 is 9.53 Å². The lowest BCUT2D eigenvalue weighted by molar-refractivity contribution is 0.0950. The second kappa shape index (κ2) is 9.52. The van der Waals surface area contributed by atoms with Crippen LogP contribution in [0.25, 0.3) is 33.1 Å². The minimum Gasteiger partial charge on any atom is -0.408 e. The van der Waals surface area contributed by atoms with Crippen molar-refractivity contribution in [1.82, 2.24) is 15.3 Å². The fraction of sp³-hybridized carbons (Fsp3) is 0.167. The fourth-order valence-electron chi connectivity index (χ4n) is 3.40. The summed E-state index contributed by atoms with van der Waals surface area (Å²) >= 11 is 0. The number of benzene rings is 2. The first kappa shape index (κ1) is 22.2. The first-order valence-electron chi connectivity index (χ1n) is 9.71. The van der Waals surface area contributed by atoms with Gasteiger partial charge in [0.05, 0.1) is 11.2 Å². The van der Waals surface area contributed by atoms with E-state index in [1.165, 1.54) is 0 Å². The van der Waals surface area contributed by atoms with Crippen LogP contribution < -0.4 is 15.8 Å². The number of carbonyl (C=O) groups excluding carboxylic acids is 1. The van der Waals surface area contributed by atoms with Gasteiger partial charge in [0, 0.05) is 41.9 Å². The van der Waals surface area contributed by atoms with Crippen LogP contribution >= 0.6 is 12.4 Å². The van der Waals surface area contributed by atoms with Gasteiger partial charge in [-0.1, -0.05) is 17.6 Å². The molecule has 0 bridgehead atoms. The minimum atomic E-state index is -0.247. The number of aryl methyl sites for hydroxylation is 1. The van der Waals surface area contributed by atoms with Gasteiger partial charge in [-0.15, -0.1) is 12.4 Å². The van der Waals surface area contributed by atoms with Crippen LogP contribution in [0.1, 0.15) is 23.0 Å². The third-order valence-corrected chi connectivity index (χ3v) is 4.81. The molecule has 0 aliphatic rings. The Bertz CT molecular complexity index is 1300. The van der Waals surface area contributed by atoms with Crippen LogP contribution in [0.4, 0.5) is 0 Å². The quantitative estimate of drug-likeness (QED) is 0.411. The van der Waals surface area contributed by atoms with Crippen LogP contribution in [0.15, 0.2) is 48.5 Å². The lowest BCUT2D eigenvalue weighted by Gasteiger charge is -2.08. The number of nitrogens with one attached hydrogen (secondary N) is 2. The first-order chi connectivity index (χ1) is 14.6. The Morgan fingerprint density at radius 3 is 2.65 bits per heavy atom. The van der Waals surface area contributed by atoms with Crippen LogP contribution in [0, 0.1) is 19.0 Å². The summed E-state index contributed by atoms with van der Waals surface area (Å²) in [6, 6.07) is 15.5. The molecule has 1 amide bonds. The van der Waals surface area contributed by atoms with Gasteiger partial charge in [-0.05, 0) is 49.4 Å². The molecule has 6 nitrogen and oxygen atoms in total. The molecule has 0 radical (unpaired) electrons. The van der Waals surface area contributed by atoms with E-state index in [0.717, 1.165) is 32.9 Å². The average Bonchev–Trinajstić information content (AvgIpc) is 3.13. The van der Waals surface area contributed by atoms with Crippen LogP contribution in [0.5, 0.6) is 5.75 Å². The molecule has 31 heavy (non-hydrogen) atoms. The van der Waals surface area contributed by atoms with E-state index in [0.29, 0.717) is 30.2 Å². The van der Waals surface area contributed by atoms with E-state index in [4.69, 9.17) is 10.5 Å². The molecule has 2 aromatic heterocycles. The van der Waals surface area contributed by atoms with Gasteiger partial charge in [0.25, 0.3) is 5.91 Å². The van der Waals surface area contributed by atoms with Crippen molar-refractivity contribution >= 4 is 40.1 Å². The lowest BCUT2D eigenvalue weighted by Crippen LogP contribution is -2.29. The van der Waals surface area contributed by atoms with E-state index in [9.17, 15) is 4.79 Å². The number of fused-ring (bicyclic) bond motifs is 3. The number of aromatic nitrogens is 2. The van der Waals surface area contributed by atoms with Crippen molar-refractivity contribution in [3.63, 3.8) is 0 Å². The normalized spacial score (nSPS) is 10.3. The predicted octanol–water partition coefficient (Wildman–Crippen LogP) is 4.16. The maximum atomic E-state index is 12.7. The average molecular weight is 435 g/mol. The molecule has 0 aliphatic heterocycles. The topological polar surface area (TPSA) is 93.0 Å². The maximum absolute atomic E-state index is 12.7. The zero-order valence-corrected chi connectivity index (χ0v) is 18.1. The number of ether oxygens (including phenoxy) is 1. The van der Waals surface area contributed by atoms with Gasteiger partial charge in [0.2, 0.25) is 0 Å². The standard InChI is InChI=1S/C24H22N4O2.ClH/c1-3-12-30-17-7-5-16(6-8-17)22-23-19(14-21(28-22)24(29)26-11-10-25)18-13-15(2)4-9-20(18)27-23;/h4-9,13-14,27H,10-11,25H2,1-2H3,(H,26,29);1H. The number of halogens is 1. The number of nitrogens with zero attached hydrogens (tertiary/aromatic N) is 1. The highest BCUT2D eigenvalue weighted by atomic mass is 35.5.